The van der Waals surface area contributed by atoms with Gasteiger partial charge in [-0.15, -0.1) is 0 Å². The number of hydrogen-bond acceptors (Lipinski definition) is 4. The standard InChI is InChI=1S/C42H28N4/c1-3-9-33(10-4-1)40-44-41(34-11-5-2-6-12-34)46-42(45-40)35-23-20-32(21-24-35)38-15-7-13-31-22-25-36(27-39(31)38)29-16-18-30(19-17-29)37-14-8-26-43-28-37/h1-28H. The number of aromatic nitrogens is 4. The molecule has 0 radical (unpaired) electrons. The highest BCUT2D eigenvalue weighted by Gasteiger charge is 2.13. The van der Waals surface area contributed by atoms with Gasteiger partial charge < -0.3 is 0 Å². The molecule has 46 heavy (non-hydrogen) atoms. The summed E-state index contributed by atoms with van der Waals surface area (Å²) >= 11 is 0. The molecule has 0 aliphatic heterocycles. The Hall–Kier alpha value is -6.26. The van der Waals surface area contributed by atoms with E-state index in [0.717, 1.165) is 33.4 Å². The second-order valence-electron chi connectivity index (χ2n) is 11.2. The Bertz CT molecular complexity index is 2210. The maximum absolute atomic E-state index is 4.90. The molecule has 6 aromatic carbocycles. The third-order valence-electron chi connectivity index (χ3n) is 8.25. The monoisotopic (exact) mass is 588 g/mol. The van der Waals surface area contributed by atoms with Gasteiger partial charge in [0.25, 0.3) is 0 Å². The molecule has 0 aliphatic rings. The fourth-order valence-corrected chi connectivity index (χ4v) is 5.83. The summed E-state index contributed by atoms with van der Waals surface area (Å²) in [6.07, 6.45) is 3.70. The molecule has 0 saturated heterocycles. The third kappa shape index (κ3) is 5.44. The molecule has 0 saturated carbocycles. The molecule has 8 rings (SSSR count). The van der Waals surface area contributed by atoms with Gasteiger partial charge in [0.15, 0.2) is 17.5 Å². The Morgan fingerprint density at radius 2 is 0.826 bits per heavy atom. The van der Waals surface area contributed by atoms with Crippen LogP contribution < -0.4 is 0 Å². The minimum atomic E-state index is 0.647. The van der Waals surface area contributed by atoms with Crippen LogP contribution in [0.3, 0.4) is 0 Å². The summed E-state index contributed by atoms with van der Waals surface area (Å²) in [6, 6.07) is 54.6. The molecular weight excluding hydrogens is 560 g/mol. The van der Waals surface area contributed by atoms with Gasteiger partial charge in [-0.25, -0.2) is 15.0 Å². The highest BCUT2D eigenvalue weighted by Crippen LogP contribution is 2.34. The van der Waals surface area contributed by atoms with E-state index in [1.54, 1.807) is 6.20 Å². The molecule has 4 nitrogen and oxygen atoms in total. The molecule has 2 aromatic heterocycles. The number of benzene rings is 6. The van der Waals surface area contributed by atoms with Crippen molar-refractivity contribution in [2.45, 2.75) is 0 Å². The van der Waals surface area contributed by atoms with Crippen LogP contribution in [0, 0.1) is 0 Å². The molecule has 0 amide bonds. The van der Waals surface area contributed by atoms with Crippen molar-refractivity contribution in [2.75, 3.05) is 0 Å². The lowest BCUT2D eigenvalue weighted by molar-refractivity contribution is 1.07. The van der Waals surface area contributed by atoms with E-state index in [-0.39, 0.29) is 0 Å². The van der Waals surface area contributed by atoms with Crippen LogP contribution in [-0.2, 0) is 0 Å². The summed E-state index contributed by atoms with van der Waals surface area (Å²) in [7, 11) is 0. The Labute approximate surface area is 267 Å². The third-order valence-corrected chi connectivity index (χ3v) is 8.25. The summed E-state index contributed by atoms with van der Waals surface area (Å²) in [4.78, 5) is 18.9. The van der Waals surface area contributed by atoms with Crippen molar-refractivity contribution in [3.63, 3.8) is 0 Å². The zero-order chi connectivity index (χ0) is 30.7. The first-order valence-electron chi connectivity index (χ1n) is 15.3. The van der Waals surface area contributed by atoms with Gasteiger partial charge in [-0.1, -0.05) is 146 Å². The highest BCUT2D eigenvalue weighted by molar-refractivity contribution is 5.99. The molecule has 4 heteroatoms. The topological polar surface area (TPSA) is 51.6 Å². The van der Waals surface area contributed by atoms with E-state index < -0.39 is 0 Å². The molecular formula is C42H28N4. The lowest BCUT2D eigenvalue weighted by Gasteiger charge is -2.11. The van der Waals surface area contributed by atoms with Crippen molar-refractivity contribution < 1.29 is 0 Å². The zero-order valence-corrected chi connectivity index (χ0v) is 25.0. The molecule has 0 atom stereocenters. The van der Waals surface area contributed by atoms with E-state index >= 15 is 0 Å². The summed E-state index contributed by atoms with van der Waals surface area (Å²) in [5.74, 6) is 1.96. The maximum atomic E-state index is 4.90. The molecule has 0 bridgehead atoms. The van der Waals surface area contributed by atoms with Crippen molar-refractivity contribution in [1.82, 2.24) is 19.9 Å². The molecule has 0 unspecified atom stereocenters. The normalized spacial score (nSPS) is 11.0. The van der Waals surface area contributed by atoms with Crippen LogP contribution in [-0.4, -0.2) is 19.9 Å². The fraction of sp³-hybridized carbons (Fsp3) is 0. The van der Waals surface area contributed by atoms with E-state index in [9.17, 15) is 0 Å². The Balaban J connectivity index is 1.15. The van der Waals surface area contributed by atoms with E-state index in [1.807, 2.05) is 72.9 Å². The van der Waals surface area contributed by atoms with Gasteiger partial charge in [0.2, 0.25) is 0 Å². The van der Waals surface area contributed by atoms with Gasteiger partial charge in [-0.2, -0.15) is 0 Å². The van der Waals surface area contributed by atoms with Crippen LogP contribution in [0.25, 0.3) is 78.3 Å². The highest BCUT2D eigenvalue weighted by atomic mass is 15.0. The van der Waals surface area contributed by atoms with Crippen molar-refractivity contribution in [2.24, 2.45) is 0 Å². The van der Waals surface area contributed by atoms with Gasteiger partial charge in [-0.3, -0.25) is 4.98 Å². The number of pyridine rings is 1. The lowest BCUT2D eigenvalue weighted by Crippen LogP contribution is -2.00. The van der Waals surface area contributed by atoms with Crippen LogP contribution in [0.4, 0.5) is 0 Å². The lowest BCUT2D eigenvalue weighted by atomic mass is 9.94. The van der Waals surface area contributed by atoms with Crippen molar-refractivity contribution in [3.8, 4) is 67.5 Å². The van der Waals surface area contributed by atoms with Gasteiger partial charge in [0, 0.05) is 29.1 Å². The average Bonchev–Trinajstić information content (AvgIpc) is 3.15. The SMILES string of the molecule is c1ccc(-c2nc(-c3ccccc3)nc(-c3ccc(-c4cccc5ccc(-c6ccc(-c7cccnc7)cc6)cc45)cc3)n2)cc1. The largest absolute Gasteiger partial charge is 0.264 e. The predicted molar refractivity (Wildman–Crippen MR) is 188 cm³/mol. The van der Waals surface area contributed by atoms with Gasteiger partial charge in [-0.05, 0) is 56.3 Å². The number of fused-ring (bicyclic) bond motifs is 1. The quantitative estimate of drug-likeness (QED) is 0.194. The minimum Gasteiger partial charge on any atom is -0.264 e. The van der Waals surface area contributed by atoms with Crippen molar-refractivity contribution in [1.29, 1.82) is 0 Å². The van der Waals surface area contributed by atoms with Crippen LogP contribution in [0.2, 0.25) is 0 Å². The van der Waals surface area contributed by atoms with Crippen LogP contribution in [0.15, 0.2) is 170 Å². The second-order valence-corrected chi connectivity index (χ2v) is 11.2. The van der Waals surface area contributed by atoms with Crippen molar-refractivity contribution >= 4 is 10.8 Å². The molecule has 0 spiro atoms. The summed E-state index contributed by atoms with van der Waals surface area (Å²) < 4.78 is 0. The Morgan fingerprint density at radius 1 is 0.326 bits per heavy atom. The Morgan fingerprint density at radius 3 is 1.41 bits per heavy atom. The smallest absolute Gasteiger partial charge is 0.164 e. The molecule has 216 valence electrons. The van der Waals surface area contributed by atoms with E-state index in [2.05, 4.69) is 96.0 Å². The maximum Gasteiger partial charge on any atom is 0.164 e. The summed E-state index contributed by atoms with van der Waals surface area (Å²) in [5.41, 5.74) is 9.81. The number of nitrogens with zero attached hydrogens (tertiary/aromatic N) is 4. The average molecular weight is 589 g/mol. The van der Waals surface area contributed by atoms with Crippen LogP contribution >= 0.6 is 0 Å². The van der Waals surface area contributed by atoms with Crippen molar-refractivity contribution in [3.05, 3.63) is 170 Å². The summed E-state index contributed by atoms with van der Waals surface area (Å²) in [5, 5.41) is 2.41. The van der Waals surface area contributed by atoms with E-state index in [1.165, 1.54) is 27.5 Å². The predicted octanol–water partition coefficient (Wildman–Crippen LogP) is 10.4. The molecule has 0 fully saturated rings. The number of rotatable bonds is 6. The number of hydrogen-bond donors (Lipinski definition) is 0. The van der Waals surface area contributed by atoms with Gasteiger partial charge in [0.05, 0.1) is 0 Å². The first-order chi connectivity index (χ1) is 22.8. The fourth-order valence-electron chi connectivity index (χ4n) is 5.83. The van der Waals surface area contributed by atoms with E-state index in [4.69, 9.17) is 15.0 Å². The summed E-state index contributed by atoms with van der Waals surface area (Å²) in [6.45, 7) is 0. The van der Waals surface area contributed by atoms with Gasteiger partial charge >= 0.3 is 0 Å². The van der Waals surface area contributed by atoms with Crippen LogP contribution in [0.1, 0.15) is 0 Å². The van der Waals surface area contributed by atoms with E-state index in [0.29, 0.717) is 17.5 Å². The molecule has 0 aliphatic carbocycles. The van der Waals surface area contributed by atoms with Gasteiger partial charge in [0.1, 0.15) is 0 Å². The second kappa shape index (κ2) is 12.0. The molecule has 2 heterocycles. The minimum absolute atomic E-state index is 0.647. The Kier molecular flexibility index (Phi) is 7.14. The molecule has 8 aromatic rings. The zero-order valence-electron chi connectivity index (χ0n) is 25.0. The van der Waals surface area contributed by atoms with Crippen LogP contribution in [0.5, 0.6) is 0 Å². The first kappa shape index (κ1) is 27.3. The first-order valence-corrected chi connectivity index (χ1v) is 15.3. The molecule has 0 N–H and O–H groups in total.